The predicted octanol–water partition coefficient (Wildman–Crippen LogP) is 3.67. The number of unbranched alkanes of at least 4 members (excludes halogenated alkanes) is 1. The molecule has 1 aliphatic rings. The monoisotopic (exact) mass is 587 g/mol. The van der Waals surface area contributed by atoms with Gasteiger partial charge in [0.25, 0.3) is 0 Å². The smallest absolute Gasteiger partial charge is 0.327 e. The number of ether oxygens (including phenoxy) is 1. The molecule has 2 aromatic heterocycles. The number of carbonyl (C=O) groups is 1. The van der Waals surface area contributed by atoms with Crippen molar-refractivity contribution in [3.8, 4) is 6.01 Å². The third-order valence-electron chi connectivity index (χ3n) is 7.93. The van der Waals surface area contributed by atoms with Crippen LogP contribution in [0, 0.1) is 0 Å². The van der Waals surface area contributed by atoms with Crippen molar-refractivity contribution in [3.63, 3.8) is 0 Å². The van der Waals surface area contributed by atoms with E-state index in [1.165, 1.54) is 5.56 Å². The number of benzene rings is 2. The quantitative estimate of drug-likeness (QED) is 0.178. The minimum atomic E-state index is -0.839. The van der Waals surface area contributed by atoms with Gasteiger partial charge in [0.15, 0.2) is 11.5 Å². The van der Waals surface area contributed by atoms with Crippen LogP contribution in [0.25, 0.3) is 11.2 Å². The fraction of sp³-hybridized carbons (Fsp3) is 0.438. The minimum Gasteiger partial charge on any atom is -0.481 e. The molecule has 11 nitrogen and oxygen atoms in total. The number of imidazole rings is 1. The van der Waals surface area contributed by atoms with Gasteiger partial charge in [-0.2, -0.15) is 9.97 Å². The number of aromatic nitrogens is 4. The number of H-pyrrole nitrogens is 1. The fourth-order valence-corrected chi connectivity index (χ4v) is 5.78. The molecule has 1 atom stereocenters. The van der Waals surface area contributed by atoms with E-state index < -0.39 is 5.97 Å². The Morgan fingerprint density at radius 1 is 1.12 bits per heavy atom. The lowest BCUT2D eigenvalue weighted by molar-refractivity contribution is -0.136. The first-order valence-electron chi connectivity index (χ1n) is 15.1. The number of aliphatic carboxylic acids is 1. The van der Waals surface area contributed by atoms with Crippen molar-refractivity contribution in [2.45, 2.75) is 64.7 Å². The van der Waals surface area contributed by atoms with Crippen LogP contribution in [0.3, 0.4) is 0 Å². The number of nitrogens with two attached hydrogens (primary N) is 1. The molecule has 0 saturated carbocycles. The summed E-state index contributed by atoms with van der Waals surface area (Å²) in [7, 11) is 0. The van der Waals surface area contributed by atoms with Crippen molar-refractivity contribution in [3.05, 3.63) is 81.8 Å². The summed E-state index contributed by atoms with van der Waals surface area (Å²) in [6.45, 7) is 7.34. The van der Waals surface area contributed by atoms with Crippen LogP contribution < -0.4 is 16.2 Å². The number of fused-ring (bicyclic) bond motifs is 1. The first kappa shape index (κ1) is 30.2. The van der Waals surface area contributed by atoms with Gasteiger partial charge in [0.2, 0.25) is 0 Å². The van der Waals surface area contributed by atoms with Crippen LogP contribution in [0.4, 0.5) is 5.82 Å². The maximum Gasteiger partial charge on any atom is 0.327 e. The zero-order chi connectivity index (χ0) is 30.2. The van der Waals surface area contributed by atoms with Crippen LogP contribution >= 0.6 is 0 Å². The highest BCUT2D eigenvalue weighted by molar-refractivity contribution is 5.81. The zero-order valence-corrected chi connectivity index (χ0v) is 24.7. The number of aromatic amines is 1. The highest BCUT2D eigenvalue weighted by Crippen LogP contribution is 2.22. The van der Waals surface area contributed by atoms with E-state index in [0.717, 1.165) is 56.6 Å². The molecule has 1 aliphatic heterocycles. The lowest BCUT2D eigenvalue weighted by Crippen LogP contribution is -2.38. The predicted molar refractivity (Wildman–Crippen MR) is 166 cm³/mol. The average Bonchev–Trinajstić information content (AvgIpc) is 3.57. The molecule has 0 amide bonds. The zero-order valence-electron chi connectivity index (χ0n) is 24.7. The van der Waals surface area contributed by atoms with Crippen molar-refractivity contribution in [1.29, 1.82) is 0 Å². The lowest BCUT2D eigenvalue weighted by atomic mass is 10.1. The molecule has 0 unspecified atom stereocenters. The number of carboxylic acid groups (broad SMARTS) is 1. The molecular weight excluding hydrogens is 546 g/mol. The number of anilines is 1. The summed E-state index contributed by atoms with van der Waals surface area (Å²) in [5.41, 5.74) is 9.91. The van der Waals surface area contributed by atoms with Gasteiger partial charge in [-0.1, -0.05) is 67.9 Å². The number of hydrogen-bond acceptors (Lipinski definition) is 8. The molecule has 1 saturated heterocycles. The SMILES string of the molecule is CCCCOc1nc(N)c2[nH]c(=O)n(CCCN(Cc3cccc(CC(=O)O)c3)[C@@H]3CCN(Cc4ccccc4)C3)c2n1. The Bertz CT molecular complexity index is 1570. The number of hydrogen-bond donors (Lipinski definition) is 3. The Morgan fingerprint density at radius 3 is 2.70 bits per heavy atom. The van der Waals surface area contributed by atoms with E-state index in [-0.39, 0.29) is 23.9 Å². The van der Waals surface area contributed by atoms with E-state index in [9.17, 15) is 14.7 Å². The Balaban J connectivity index is 1.31. The van der Waals surface area contributed by atoms with E-state index in [4.69, 9.17) is 10.5 Å². The third-order valence-corrected chi connectivity index (χ3v) is 7.93. The van der Waals surface area contributed by atoms with Gasteiger partial charge in [-0.05, 0) is 36.0 Å². The summed E-state index contributed by atoms with van der Waals surface area (Å²) in [4.78, 5) is 40.7. The number of likely N-dealkylation sites (tertiary alicyclic amines) is 1. The molecule has 1 fully saturated rings. The molecule has 0 bridgehead atoms. The van der Waals surface area contributed by atoms with E-state index in [1.807, 2.05) is 24.3 Å². The summed E-state index contributed by atoms with van der Waals surface area (Å²) in [6.07, 6.45) is 3.61. The molecule has 0 radical (unpaired) electrons. The van der Waals surface area contributed by atoms with Crippen LogP contribution in [0.15, 0.2) is 59.4 Å². The van der Waals surface area contributed by atoms with Crippen LogP contribution in [0.5, 0.6) is 6.01 Å². The van der Waals surface area contributed by atoms with Gasteiger partial charge in [0, 0.05) is 45.3 Å². The number of nitrogen functional groups attached to an aromatic ring is 1. The van der Waals surface area contributed by atoms with Gasteiger partial charge in [0.05, 0.1) is 13.0 Å². The first-order chi connectivity index (χ1) is 20.9. The second-order valence-corrected chi connectivity index (χ2v) is 11.3. The number of carboxylic acids is 1. The van der Waals surface area contributed by atoms with Gasteiger partial charge in [-0.3, -0.25) is 19.2 Å². The normalized spacial score (nSPS) is 15.4. The Morgan fingerprint density at radius 2 is 1.91 bits per heavy atom. The Kier molecular flexibility index (Phi) is 10.1. The molecular formula is C32H41N7O4. The molecule has 0 aliphatic carbocycles. The molecule has 0 spiro atoms. The second kappa shape index (κ2) is 14.3. The van der Waals surface area contributed by atoms with Gasteiger partial charge < -0.3 is 20.6 Å². The summed E-state index contributed by atoms with van der Waals surface area (Å²) in [5.74, 6) is -0.645. The van der Waals surface area contributed by atoms with Crippen LogP contribution in [0.2, 0.25) is 0 Å². The maximum atomic E-state index is 12.9. The highest BCUT2D eigenvalue weighted by atomic mass is 16.5. The van der Waals surface area contributed by atoms with Gasteiger partial charge in [0.1, 0.15) is 5.52 Å². The van der Waals surface area contributed by atoms with Gasteiger partial charge >= 0.3 is 17.7 Å². The number of nitrogens with one attached hydrogen (secondary N) is 1. The van der Waals surface area contributed by atoms with E-state index in [2.05, 4.69) is 62.0 Å². The van der Waals surface area contributed by atoms with Crippen LogP contribution in [-0.4, -0.2) is 72.7 Å². The molecule has 11 heteroatoms. The molecule has 4 N–H and O–H groups in total. The average molecular weight is 588 g/mol. The highest BCUT2D eigenvalue weighted by Gasteiger charge is 2.28. The summed E-state index contributed by atoms with van der Waals surface area (Å²) in [6, 6.07) is 18.9. The Hall–Kier alpha value is -4.22. The second-order valence-electron chi connectivity index (χ2n) is 11.3. The van der Waals surface area contributed by atoms with Crippen molar-refractivity contribution >= 4 is 23.0 Å². The maximum absolute atomic E-state index is 12.9. The summed E-state index contributed by atoms with van der Waals surface area (Å²) in [5, 5.41) is 9.28. The van der Waals surface area contributed by atoms with Crippen LogP contribution in [-0.2, 0) is 30.8 Å². The molecule has 5 rings (SSSR count). The molecule has 43 heavy (non-hydrogen) atoms. The summed E-state index contributed by atoms with van der Waals surface area (Å²) >= 11 is 0. The topological polar surface area (TPSA) is 143 Å². The van der Waals surface area contributed by atoms with Crippen molar-refractivity contribution < 1.29 is 14.6 Å². The van der Waals surface area contributed by atoms with Gasteiger partial charge in [-0.15, -0.1) is 0 Å². The Labute approximate surface area is 251 Å². The molecule has 2 aromatic carbocycles. The van der Waals surface area contributed by atoms with E-state index in [1.54, 1.807) is 4.57 Å². The summed E-state index contributed by atoms with van der Waals surface area (Å²) < 4.78 is 7.29. The lowest BCUT2D eigenvalue weighted by Gasteiger charge is -2.29. The minimum absolute atomic E-state index is 0.000732. The first-order valence-corrected chi connectivity index (χ1v) is 15.1. The van der Waals surface area contributed by atoms with Crippen molar-refractivity contribution in [2.75, 3.05) is 32.0 Å². The fourth-order valence-electron chi connectivity index (χ4n) is 5.78. The van der Waals surface area contributed by atoms with Crippen molar-refractivity contribution in [2.24, 2.45) is 0 Å². The van der Waals surface area contributed by atoms with Gasteiger partial charge in [-0.25, -0.2) is 4.79 Å². The molecule has 3 heterocycles. The largest absolute Gasteiger partial charge is 0.481 e. The molecule has 228 valence electrons. The number of nitrogens with zero attached hydrogens (tertiary/aromatic N) is 5. The standard InChI is InChI=1S/C32H41N7O4/c1-2-3-17-43-31-35-29(33)28-30(36-31)39(32(42)34-28)15-8-14-38(21-25-12-7-11-24(18-25)19-27(40)41)26-13-16-37(22-26)20-23-9-5-4-6-10-23/h4-7,9-12,18,26H,2-3,8,13-17,19-22H2,1H3,(H,34,42)(H,40,41)(H2,33,35,36)/t26-/m1/s1. The van der Waals surface area contributed by atoms with Crippen molar-refractivity contribution in [1.82, 2.24) is 29.3 Å². The number of rotatable bonds is 15. The van der Waals surface area contributed by atoms with E-state index >= 15 is 0 Å². The molecule has 4 aromatic rings. The third kappa shape index (κ3) is 7.99. The van der Waals surface area contributed by atoms with E-state index in [0.29, 0.717) is 43.3 Å². The van der Waals surface area contributed by atoms with Crippen LogP contribution in [0.1, 0.15) is 49.3 Å². The number of aryl methyl sites for hydroxylation is 1.